The van der Waals surface area contributed by atoms with Crippen molar-refractivity contribution in [2.45, 2.75) is 25.3 Å². The lowest BCUT2D eigenvalue weighted by Crippen LogP contribution is -2.29. The number of Topliss-reactive ketones (excluding diaryl/α,β-unsaturated/α-hetero) is 1. The second kappa shape index (κ2) is 3.83. The third-order valence-corrected chi connectivity index (χ3v) is 2.36. The van der Waals surface area contributed by atoms with Crippen LogP contribution in [0.15, 0.2) is 0 Å². The Balaban J connectivity index is 2.30. The predicted octanol–water partition coefficient (Wildman–Crippen LogP) is -0.00150. The minimum absolute atomic E-state index is 0.184. The van der Waals surface area contributed by atoms with Crippen LogP contribution in [0.25, 0.3) is 0 Å². The van der Waals surface area contributed by atoms with Crippen molar-refractivity contribution < 1.29 is 4.79 Å². The highest BCUT2D eigenvalue weighted by molar-refractivity contribution is 5.80. The number of likely N-dealkylation sites (tertiary alicyclic amines) is 1. The van der Waals surface area contributed by atoms with Crippen molar-refractivity contribution >= 4 is 5.78 Å². The molecule has 0 aliphatic carbocycles. The number of nitrogens with zero attached hydrogens (tertiary/aromatic N) is 1. The van der Waals surface area contributed by atoms with Crippen LogP contribution in [0.2, 0.25) is 0 Å². The second-order valence-electron chi connectivity index (χ2n) is 3.22. The molecule has 3 heteroatoms. The third-order valence-electron chi connectivity index (χ3n) is 2.36. The lowest BCUT2D eigenvalue weighted by atomic mass is 10.1. The second-order valence-corrected chi connectivity index (χ2v) is 3.22. The van der Waals surface area contributed by atoms with Crippen molar-refractivity contribution in [2.75, 3.05) is 20.1 Å². The van der Waals surface area contributed by atoms with E-state index in [9.17, 15) is 4.79 Å². The molecule has 0 aromatic rings. The summed E-state index contributed by atoms with van der Waals surface area (Å²) in [6.45, 7) is 1.33. The third kappa shape index (κ3) is 2.27. The van der Waals surface area contributed by atoms with Crippen molar-refractivity contribution in [2.24, 2.45) is 5.73 Å². The highest BCUT2D eigenvalue weighted by Gasteiger charge is 2.22. The number of ketones is 1. The van der Waals surface area contributed by atoms with E-state index in [1.807, 2.05) is 0 Å². The molecule has 1 aliphatic rings. The smallest absolute Gasteiger partial charge is 0.147 e. The highest BCUT2D eigenvalue weighted by Crippen LogP contribution is 2.17. The fourth-order valence-electron chi connectivity index (χ4n) is 1.58. The lowest BCUT2D eigenvalue weighted by Gasteiger charge is -2.17. The predicted molar refractivity (Wildman–Crippen MR) is 44.3 cm³/mol. The maximum atomic E-state index is 11.0. The number of carbonyl (C=O) groups is 1. The molecule has 1 atom stereocenters. The van der Waals surface area contributed by atoms with Gasteiger partial charge in [0, 0.05) is 12.5 Å². The molecule has 1 aliphatic heterocycles. The van der Waals surface area contributed by atoms with E-state index < -0.39 is 0 Å². The van der Waals surface area contributed by atoms with Gasteiger partial charge in [0.25, 0.3) is 0 Å². The summed E-state index contributed by atoms with van der Waals surface area (Å²) in [4.78, 5) is 13.2. The molecular weight excluding hydrogens is 140 g/mol. The van der Waals surface area contributed by atoms with E-state index in [1.165, 1.54) is 6.42 Å². The Labute approximate surface area is 67.5 Å². The molecule has 3 nitrogen and oxygen atoms in total. The zero-order valence-electron chi connectivity index (χ0n) is 7.05. The maximum absolute atomic E-state index is 11.0. The van der Waals surface area contributed by atoms with Gasteiger partial charge in [-0.15, -0.1) is 0 Å². The lowest BCUT2D eigenvalue weighted by molar-refractivity contribution is -0.118. The standard InChI is InChI=1S/C8H16N2O/c1-10-4-2-3-7(10)5-8(11)6-9/h7H,2-6,9H2,1H3. The van der Waals surface area contributed by atoms with Gasteiger partial charge < -0.3 is 10.6 Å². The first-order chi connectivity index (χ1) is 5.24. The Hall–Kier alpha value is -0.410. The Morgan fingerprint density at radius 1 is 1.73 bits per heavy atom. The van der Waals surface area contributed by atoms with Gasteiger partial charge in [-0.3, -0.25) is 4.79 Å². The summed E-state index contributed by atoms with van der Waals surface area (Å²) < 4.78 is 0. The van der Waals surface area contributed by atoms with Crippen LogP contribution in [-0.4, -0.2) is 36.9 Å². The highest BCUT2D eigenvalue weighted by atomic mass is 16.1. The molecule has 1 rings (SSSR count). The van der Waals surface area contributed by atoms with Gasteiger partial charge in [0.05, 0.1) is 6.54 Å². The van der Waals surface area contributed by atoms with Crippen LogP contribution in [0, 0.1) is 0 Å². The largest absolute Gasteiger partial charge is 0.324 e. The Morgan fingerprint density at radius 2 is 2.45 bits per heavy atom. The molecule has 0 bridgehead atoms. The summed E-state index contributed by atoms with van der Waals surface area (Å²) in [6, 6.07) is 0.464. The molecule has 1 unspecified atom stereocenters. The minimum atomic E-state index is 0.184. The SMILES string of the molecule is CN1CCCC1CC(=O)CN. The van der Waals surface area contributed by atoms with Crippen molar-refractivity contribution in [1.82, 2.24) is 4.90 Å². The summed E-state index contributed by atoms with van der Waals surface area (Å²) in [5.74, 6) is 0.184. The van der Waals surface area contributed by atoms with Crippen LogP contribution >= 0.6 is 0 Å². The molecule has 11 heavy (non-hydrogen) atoms. The van der Waals surface area contributed by atoms with Crippen molar-refractivity contribution in [1.29, 1.82) is 0 Å². The zero-order chi connectivity index (χ0) is 8.27. The molecule has 0 aromatic carbocycles. The van der Waals surface area contributed by atoms with Crippen molar-refractivity contribution in [3.05, 3.63) is 0 Å². The summed E-state index contributed by atoms with van der Waals surface area (Å²) in [7, 11) is 2.07. The number of rotatable bonds is 3. The van der Waals surface area contributed by atoms with Gasteiger partial charge in [-0.05, 0) is 26.4 Å². The van der Waals surface area contributed by atoms with Crippen molar-refractivity contribution in [3.8, 4) is 0 Å². The average Bonchev–Trinajstić information content (AvgIpc) is 2.37. The molecular formula is C8H16N2O. The topological polar surface area (TPSA) is 46.3 Å². The average molecular weight is 156 g/mol. The number of nitrogens with two attached hydrogens (primary N) is 1. The van der Waals surface area contributed by atoms with E-state index in [4.69, 9.17) is 5.73 Å². The van der Waals surface area contributed by atoms with E-state index in [2.05, 4.69) is 11.9 Å². The summed E-state index contributed by atoms with van der Waals surface area (Å²) in [5, 5.41) is 0. The van der Waals surface area contributed by atoms with Crippen LogP contribution in [0.3, 0.4) is 0 Å². The molecule has 1 fully saturated rings. The van der Waals surface area contributed by atoms with Gasteiger partial charge in [0.2, 0.25) is 0 Å². The fourth-order valence-corrected chi connectivity index (χ4v) is 1.58. The number of hydrogen-bond acceptors (Lipinski definition) is 3. The van der Waals surface area contributed by atoms with Crippen LogP contribution in [0.1, 0.15) is 19.3 Å². The minimum Gasteiger partial charge on any atom is -0.324 e. The van der Waals surface area contributed by atoms with Gasteiger partial charge in [-0.25, -0.2) is 0 Å². The maximum Gasteiger partial charge on any atom is 0.147 e. The first kappa shape index (κ1) is 8.68. The van der Waals surface area contributed by atoms with Gasteiger partial charge >= 0.3 is 0 Å². The molecule has 0 aromatic heterocycles. The van der Waals surface area contributed by atoms with Crippen LogP contribution in [0.4, 0.5) is 0 Å². The molecule has 64 valence electrons. The molecule has 0 amide bonds. The van der Waals surface area contributed by atoms with Crippen LogP contribution in [-0.2, 0) is 4.79 Å². The quantitative estimate of drug-likeness (QED) is 0.625. The van der Waals surface area contributed by atoms with E-state index in [0.29, 0.717) is 12.5 Å². The van der Waals surface area contributed by atoms with Gasteiger partial charge in [0.15, 0.2) is 0 Å². The van der Waals surface area contributed by atoms with E-state index in [-0.39, 0.29) is 12.3 Å². The molecule has 0 saturated carbocycles. The van der Waals surface area contributed by atoms with E-state index in [0.717, 1.165) is 13.0 Å². The Bertz CT molecular complexity index is 147. The number of carbonyl (C=O) groups excluding carboxylic acids is 1. The van der Waals surface area contributed by atoms with Crippen LogP contribution < -0.4 is 5.73 Å². The normalized spacial score (nSPS) is 25.8. The van der Waals surface area contributed by atoms with Gasteiger partial charge in [-0.2, -0.15) is 0 Å². The monoisotopic (exact) mass is 156 g/mol. The molecule has 1 saturated heterocycles. The Kier molecular flexibility index (Phi) is 3.02. The molecule has 2 N–H and O–H groups in total. The first-order valence-electron chi connectivity index (χ1n) is 4.16. The number of hydrogen-bond donors (Lipinski definition) is 1. The van der Waals surface area contributed by atoms with Crippen LogP contribution in [0.5, 0.6) is 0 Å². The molecule has 0 radical (unpaired) electrons. The molecule has 0 spiro atoms. The van der Waals surface area contributed by atoms with Crippen molar-refractivity contribution in [3.63, 3.8) is 0 Å². The van der Waals surface area contributed by atoms with E-state index in [1.54, 1.807) is 0 Å². The summed E-state index contributed by atoms with van der Waals surface area (Å²) in [6.07, 6.45) is 3.02. The van der Waals surface area contributed by atoms with Gasteiger partial charge in [0.1, 0.15) is 5.78 Å². The first-order valence-corrected chi connectivity index (χ1v) is 4.16. The molecule has 1 heterocycles. The summed E-state index contributed by atoms with van der Waals surface area (Å²) in [5.41, 5.74) is 5.23. The Morgan fingerprint density at radius 3 is 2.91 bits per heavy atom. The van der Waals surface area contributed by atoms with Gasteiger partial charge in [-0.1, -0.05) is 0 Å². The van der Waals surface area contributed by atoms with E-state index >= 15 is 0 Å². The summed E-state index contributed by atoms with van der Waals surface area (Å²) >= 11 is 0. The zero-order valence-corrected chi connectivity index (χ0v) is 7.05. The fraction of sp³-hybridized carbons (Fsp3) is 0.875.